The minimum atomic E-state index is -1.72. The first-order valence-electron chi connectivity index (χ1n) is 4.74. The van der Waals surface area contributed by atoms with Crippen LogP contribution in [0.25, 0.3) is 0 Å². The number of hydrogen-bond acceptors (Lipinski definition) is 3. The van der Waals surface area contributed by atoms with Crippen LogP contribution in [0, 0.1) is 11.5 Å². The summed E-state index contributed by atoms with van der Waals surface area (Å²) in [4.78, 5) is 3.71. The summed E-state index contributed by atoms with van der Waals surface area (Å²) in [5, 5.41) is 8.59. The van der Waals surface area contributed by atoms with Crippen molar-refractivity contribution in [3.63, 3.8) is 0 Å². The second-order valence-corrected chi connectivity index (χ2v) is 8.53. The van der Waals surface area contributed by atoms with Crippen LogP contribution >= 0.6 is 0 Å². The predicted octanol–water partition coefficient (Wildman–Crippen LogP) is 2.77. The molecule has 1 aromatic carbocycles. The number of nitrogens with zero attached hydrogens (tertiary/aromatic N) is 2. The van der Waals surface area contributed by atoms with E-state index in [0.717, 1.165) is 5.56 Å². The van der Waals surface area contributed by atoms with Crippen molar-refractivity contribution in [3.8, 4) is 6.19 Å². The van der Waals surface area contributed by atoms with Crippen molar-refractivity contribution >= 4 is 14.2 Å². The van der Waals surface area contributed by atoms with Gasteiger partial charge in [0.1, 0.15) is 0 Å². The number of aliphatic imine (C=N–C) groups is 1. The Balaban J connectivity index is 2.97. The Morgan fingerprint density at radius 2 is 1.87 bits per heavy atom. The predicted molar refractivity (Wildman–Crippen MR) is 63.0 cm³/mol. The third-order valence-electron chi connectivity index (χ3n) is 1.58. The van der Waals surface area contributed by atoms with E-state index >= 15 is 0 Å². The lowest BCUT2D eigenvalue weighted by Gasteiger charge is -2.19. The molecule has 0 N–H and O–H groups in total. The Kier molecular flexibility index (Phi) is 3.64. The summed E-state index contributed by atoms with van der Waals surface area (Å²) in [6.45, 7) is 6.18. The van der Waals surface area contributed by atoms with E-state index in [9.17, 15) is 0 Å². The van der Waals surface area contributed by atoms with Crippen molar-refractivity contribution in [2.24, 2.45) is 4.99 Å². The van der Waals surface area contributed by atoms with Crippen molar-refractivity contribution in [3.05, 3.63) is 35.9 Å². The smallest absolute Gasteiger partial charge is 0.244 e. The van der Waals surface area contributed by atoms with E-state index in [2.05, 4.69) is 24.6 Å². The van der Waals surface area contributed by atoms with Crippen LogP contribution < -0.4 is 0 Å². The van der Waals surface area contributed by atoms with E-state index in [0.29, 0.717) is 5.90 Å². The largest absolute Gasteiger partial charge is 0.531 e. The molecule has 0 saturated heterocycles. The molecule has 0 saturated carbocycles. The summed E-state index contributed by atoms with van der Waals surface area (Å²) in [5.74, 6) is 0.428. The van der Waals surface area contributed by atoms with Crippen LogP contribution in [0.1, 0.15) is 5.56 Å². The molecule has 4 heteroatoms. The Morgan fingerprint density at radius 1 is 1.27 bits per heavy atom. The topological polar surface area (TPSA) is 45.4 Å². The van der Waals surface area contributed by atoms with E-state index in [4.69, 9.17) is 9.69 Å². The Hall–Kier alpha value is -1.60. The summed E-state index contributed by atoms with van der Waals surface area (Å²) in [6, 6.07) is 9.49. The molecule has 3 nitrogen and oxygen atoms in total. The van der Waals surface area contributed by atoms with Gasteiger partial charge in [-0.3, -0.25) is 0 Å². The Labute approximate surface area is 91.2 Å². The molecular formula is C11H14N2OSi. The van der Waals surface area contributed by atoms with Crippen molar-refractivity contribution in [1.29, 1.82) is 5.26 Å². The highest BCUT2D eigenvalue weighted by Crippen LogP contribution is 2.10. The van der Waals surface area contributed by atoms with E-state index in [1.165, 1.54) is 0 Å². The van der Waals surface area contributed by atoms with Crippen LogP contribution in [0.5, 0.6) is 0 Å². The van der Waals surface area contributed by atoms with Crippen LogP contribution in [0.2, 0.25) is 19.6 Å². The van der Waals surface area contributed by atoms with Gasteiger partial charge >= 0.3 is 0 Å². The molecule has 0 heterocycles. The van der Waals surface area contributed by atoms with Crippen LogP contribution in [0.15, 0.2) is 35.3 Å². The zero-order chi connectivity index (χ0) is 11.3. The Morgan fingerprint density at radius 3 is 2.33 bits per heavy atom. The molecule has 0 aliphatic heterocycles. The molecule has 0 bridgehead atoms. The lowest BCUT2D eigenvalue weighted by molar-refractivity contribution is 0.554. The maximum Gasteiger partial charge on any atom is 0.244 e. The second kappa shape index (κ2) is 4.76. The van der Waals surface area contributed by atoms with Gasteiger partial charge in [0.2, 0.25) is 20.4 Å². The summed E-state index contributed by atoms with van der Waals surface area (Å²) >= 11 is 0. The van der Waals surface area contributed by atoms with Gasteiger partial charge in [-0.15, -0.1) is 4.99 Å². The number of nitriles is 1. The average molecular weight is 218 g/mol. The number of rotatable bonds is 2. The van der Waals surface area contributed by atoms with Crippen LogP contribution in [-0.4, -0.2) is 14.2 Å². The molecule has 78 valence electrons. The fourth-order valence-electron chi connectivity index (χ4n) is 1.06. The number of hydrogen-bond donors (Lipinski definition) is 0. The molecule has 0 fully saturated rings. The summed E-state index contributed by atoms with van der Waals surface area (Å²) in [6.07, 6.45) is 1.77. The summed E-state index contributed by atoms with van der Waals surface area (Å²) in [5.41, 5.74) is 0.849. The first-order valence-corrected chi connectivity index (χ1v) is 8.15. The van der Waals surface area contributed by atoms with E-state index in [1.807, 2.05) is 30.3 Å². The van der Waals surface area contributed by atoms with Crippen LogP contribution in [-0.2, 0) is 4.43 Å². The van der Waals surface area contributed by atoms with Gasteiger partial charge in [0.05, 0.1) is 0 Å². The Bertz CT molecular complexity index is 387. The van der Waals surface area contributed by atoms with Crippen molar-refractivity contribution in [2.75, 3.05) is 0 Å². The minimum absolute atomic E-state index is 0.428. The van der Waals surface area contributed by atoms with Crippen molar-refractivity contribution in [1.82, 2.24) is 0 Å². The van der Waals surface area contributed by atoms with Gasteiger partial charge < -0.3 is 4.43 Å². The summed E-state index contributed by atoms with van der Waals surface area (Å²) < 4.78 is 5.73. The van der Waals surface area contributed by atoms with Gasteiger partial charge in [0.15, 0.2) is 0 Å². The highest BCUT2D eigenvalue weighted by molar-refractivity contribution is 6.71. The van der Waals surface area contributed by atoms with Gasteiger partial charge in [0.25, 0.3) is 0 Å². The third kappa shape index (κ3) is 3.96. The fraction of sp³-hybridized carbons (Fsp3) is 0.273. The molecule has 0 amide bonds. The van der Waals surface area contributed by atoms with Gasteiger partial charge in [-0.1, -0.05) is 18.2 Å². The molecule has 1 rings (SSSR count). The molecule has 0 aromatic heterocycles. The molecule has 0 radical (unpaired) electrons. The molecule has 0 aliphatic rings. The van der Waals surface area contributed by atoms with E-state index in [-0.39, 0.29) is 0 Å². The molecule has 15 heavy (non-hydrogen) atoms. The molecule has 0 spiro atoms. The normalized spacial score (nSPS) is 12.0. The van der Waals surface area contributed by atoms with Gasteiger partial charge in [-0.2, -0.15) is 5.26 Å². The number of benzene rings is 1. The maximum atomic E-state index is 8.59. The van der Waals surface area contributed by atoms with Crippen LogP contribution in [0.3, 0.4) is 0 Å². The molecule has 1 aromatic rings. The van der Waals surface area contributed by atoms with Crippen molar-refractivity contribution in [2.45, 2.75) is 19.6 Å². The van der Waals surface area contributed by atoms with E-state index in [1.54, 1.807) is 6.19 Å². The zero-order valence-corrected chi connectivity index (χ0v) is 10.2. The highest BCUT2D eigenvalue weighted by Gasteiger charge is 2.19. The molecule has 0 aliphatic carbocycles. The lowest BCUT2D eigenvalue weighted by Crippen LogP contribution is -2.29. The first-order chi connectivity index (χ1) is 7.03. The fourth-order valence-corrected chi connectivity index (χ4v) is 1.81. The highest BCUT2D eigenvalue weighted by atomic mass is 28.4. The van der Waals surface area contributed by atoms with Gasteiger partial charge in [-0.25, -0.2) is 0 Å². The third-order valence-corrected chi connectivity index (χ3v) is 2.38. The minimum Gasteiger partial charge on any atom is -0.531 e. The monoisotopic (exact) mass is 218 g/mol. The lowest BCUT2D eigenvalue weighted by atomic mass is 10.2. The zero-order valence-electron chi connectivity index (χ0n) is 9.19. The van der Waals surface area contributed by atoms with E-state index < -0.39 is 8.32 Å². The van der Waals surface area contributed by atoms with Gasteiger partial charge in [-0.05, 0) is 31.8 Å². The second-order valence-electron chi connectivity index (χ2n) is 4.10. The summed E-state index contributed by atoms with van der Waals surface area (Å²) in [7, 11) is -1.72. The SMILES string of the molecule is C[Si](C)(C)OC(=NC#N)c1ccccc1. The van der Waals surface area contributed by atoms with Gasteiger partial charge in [0, 0.05) is 5.56 Å². The van der Waals surface area contributed by atoms with Crippen molar-refractivity contribution < 1.29 is 4.43 Å². The molecular weight excluding hydrogens is 204 g/mol. The van der Waals surface area contributed by atoms with Crippen LogP contribution in [0.4, 0.5) is 0 Å². The standard InChI is InChI=1S/C11H14N2OSi/c1-15(2,3)14-11(13-9-12)10-7-5-4-6-8-10/h4-8H,1-3H3. The molecule has 0 atom stereocenters. The quantitative estimate of drug-likeness (QED) is 0.331. The average Bonchev–Trinajstić information content (AvgIpc) is 2.17. The first kappa shape index (κ1) is 11.5. The molecule has 0 unspecified atom stereocenters. The maximum absolute atomic E-state index is 8.59.